The normalized spacial score (nSPS) is 10.8. The number of amides is 1. The fraction of sp³-hybridized carbons (Fsp3) is 0.111. The van der Waals surface area contributed by atoms with Gasteiger partial charge in [-0.15, -0.1) is 0 Å². The maximum absolute atomic E-state index is 13.8. The van der Waals surface area contributed by atoms with Crippen molar-refractivity contribution < 1.29 is 13.6 Å². The fourth-order valence-corrected chi connectivity index (χ4v) is 2.86. The van der Waals surface area contributed by atoms with Crippen molar-refractivity contribution in [3.8, 4) is 11.3 Å². The number of anilines is 1. The van der Waals surface area contributed by atoms with Crippen LogP contribution in [0.5, 0.6) is 0 Å². The van der Waals surface area contributed by atoms with Gasteiger partial charge in [-0.3, -0.25) is 4.79 Å². The molecule has 3 rings (SSSR count). The number of nitrogens with one attached hydrogen (secondary N) is 1. The Morgan fingerprint density at radius 3 is 2.62 bits per heavy atom. The van der Waals surface area contributed by atoms with Gasteiger partial charge < -0.3 is 9.73 Å². The number of carbonyl (C=O) groups excluding carboxylic acids is 1. The molecule has 134 valence electrons. The van der Waals surface area contributed by atoms with Crippen molar-refractivity contribution in [2.75, 3.05) is 5.32 Å². The number of benzene rings is 2. The number of nitrogens with zero attached hydrogens (tertiary/aromatic N) is 1. The summed E-state index contributed by atoms with van der Waals surface area (Å²) < 4.78 is 19.3. The number of halogens is 4. The minimum absolute atomic E-state index is 0.105. The van der Waals surface area contributed by atoms with Crippen molar-refractivity contribution in [3.05, 3.63) is 69.4 Å². The molecule has 4 nitrogen and oxygen atoms in total. The third-order valence-electron chi connectivity index (χ3n) is 3.54. The summed E-state index contributed by atoms with van der Waals surface area (Å²) in [6.07, 6.45) is 1.79. The summed E-state index contributed by atoms with van der Waals surface area (Å²) in [6, 6.07) is 9.16. The summed E-state index contributed by atoms with van der Waals surface area (Å²) in [5.74, 6) is -0.0530. The van der Waals surface area contributed by atoms with E-state index in [1.54, 1.807) is 18.2 Å². The second-order valence-corrected chi connectivity index (χ2v) is 6.61. The molecule has 1 aromatic heterocycles. The van der Waals surface area contributed by atoms with Gasteiger partial charge in [0.05, 0.1) is 32.5 Å². The lowest BCUT2D eigenvalue weighted by molar-refractivity contribution is -0.116. The van der Waals surface area contributed by atoms with E-state index in [0.717, 1.165) is 0 Å². The number of hydrogen-bond donors (Lipinski definition) is 1. The van der Waals surface area contributed by atoms with Crippen LogP contribution in [0.4, 0.5) is 10.1 Å². The highest BCUT2D eigenvalue weighted by molar-refractivity contribution is 6.44. The van der Waals surface area contributed by atoms with Crippen molar-refractivity contribution >= 4 is 46.4 Å². The van der Waals surface area contributed by atoms with Gasteiger partial charge in [-0.25, -0.2) is 9.37 Å². The summed E-state index contributed by atoms with van der Waals surface area (Å²) in [7, 11) is 0. The van der Waals surface area contributed by atoms with Gasteiger partial charge in [-0.1, -0.05) is 46.9 Å². The molecule has 1 N–H and O–H groups in total. The molecule has 2 aromatic carbocycles. The maximum atomic E-state index is 13.8. The number of aromatic nitrogens is 1. The molecule has 0 unspecified atom stereocenters. The molecule has 0 atom stereocenters. The fourth-order valence-electron chi connectivity index (χ4n) is 2.26. The van der Waals surface area contributed by atoms with Gasteiger partial charge in [0.25, 0.3) is 0 Å². The largest absolute Gasteiger partial charge is 0.441 e. The average Bonchev–Trinajstić information content (AvgIpc) is 3.07. The van der Waals surface area contributed by atoms with Crippen molar-refractivity contribution in [2.24, 2.45) is 0 Å². The predicted molar refractivity (Wildman–Crippen MR) is 100 cm³/mol. The first-order valence-electron chi connectivity index (χ1n) is 7.58. The third-order valence-corrected chi connectivity index (χ3v) is 4.58. The lowest BCUT2D eigenvalue weighted by atomic mass is 10.2. The second kappa shape index (κ2) is 8.08. The van der Waals surface area contributed by atoms with Crippen molar-refractivity contribution in [1.82, 2.24) is 4.98 Å². The predicted octanol–water partition coefficient (Wildman–Crippen LogP) is 6.01. The van der Waals surface area contributed by atoms with E-state index in [9.17, 15) is 9.18 Å². The van der Waals surface area contributed by atoms with Gasteiger partial charge in [0, 0.05) is 12.8 Å². The topological polar surface area (TPSA) is 55.1 Å². The Kier molecular flexibility index (Phi) is 5.81. The lowest BCUT2D eigenvalue weighted by Crippen LogP contribution is -2.12. The molecule has 3 aromatic rings. The zero-order valence-electron chi connectivity index (χ0n) is 13.2. The van der Waals surface area contributed by atoms with Crippen LogP contribution in [0.1, 0.15) is 12.3 Å². The van der Waals surface area contributed by atoms with E-state index in [0.29, 0.717) is 27.9 Å². The molecule has 1 heterocycles. The molecular formula is C18H12Cl3FN2O2. The molecule has 0 fully saturated rings. The van der Waals surface area contributed by atoms with Crippen molar-refractivity contribution in [3.63, 3.8) is 0 Å². The van der Waals surface area contributed by atoms with Crippen molar-refractivity contribution in [2.45, 2.75) is 12.8 Å². The highest BCUT2D eigenvalue weighted by atomic mass is 35.5. The summed E-state index contributed by atoms with van der Waals surface area (Å²) in [6.45, 7) is 0. The van der Waals surface area contributed by atoms with E-state index >= 15 is 0 Å². The molecule has 0 spiro atoms. The maximum Gasteiger partial charge on any atom is 0.224 e. The Labute approximate surface area is 163 Å². The van der Waals surface area contributed by atoms with Crippen molar-refractivity contribution in [1.29, 1.82) is 0 Å². The number of aryl methyl sites for hydroxylation is 1. The van der Waals surface area contributed by atoms with Gasteiger partial charge in [-0.2, -0.15) is 0 Å². The van der Waals surface area contributed by atoms with E-state index in [1.807, 2.05) is 0 Å². The lowest BCUT2D eigenvalue weighted by Gasteiger charge is -2.08. The molecule has 0 radical (unpaired) electrons. The summed E-state index contributed by atoms with van der Waals surface area (Å²) >= 11 is 17.8. The molecule has 0 aliphatic heterocycles. The van der Waals surface area contributed by atoms with Gasteiger partial charge in [0.2, 0.25) is 5.91 Å². The first-order chi connectivity index (χ1) is 12.4. The number of hydrogen-bond acceptors (Lipinski definition) is 3. The Morgan fingerprint density at radius 1 is 1.12 bits per heavy atom. The molecule has 0 aliphatic rings. The Bertz CT molecular complexity index is 959. The van der Waals surface area contributed by atoms with Crippen LogP contribution in [-0.4, -0.2) is 10.9 Å². The zero-order chi connectivity index (χ0) is 18.7. The number of oxazole rings is 1. The minimum atomic E-state index is -0.401. The number of carbonyl (C=O) groups is 1. The van der Waals surface area contributed by atoms with Gasteiger partial charge >= 0.3 is 0 Å². The molecular weight excluding hydrogens is 402 g/mol. The molecule has 1 amide bonds. The number of rotatable bonds is 5. The Balaban J connectivity index is 1.62. The third kappa shape index (κ3) is 4.36. The standard InChI is InChI=1S/C18H12Cl3FN2O2/c19-11-7-13(21)15(8-12(11)20)24-17(25)5-6-18-23-9-16(26-18)10-3-1-2-4-14(10)22/h1-4,7-9H,5-6H2,(H,24,25). The second-order valence-electron chi connectivity index (χ2n) is 5.39. The van der Waals surface area contributed by atoms with Gasteiger partial charge in [0.1, 0.15) is 5.82 Å². The summed E-state index contributed by atoms with van der Waals surface area (Å²) in [4.78, 5) is 16.2. The van der Waals surface area contributed by atoms with Crippen LogP contribution in [0, 0.1) is 5.82 Å². The highest BCUT2D eigenvalue weighted by Gasteiger charge is 2.13. The van der Waals surface area contributed by atoms with E-state index < -0.39 is 5.82 Å². The van der Waals surface area contributed by atoms with Crippen LogP contribution in [0.15, 0.2) is 47.0 Å². The van der Waals surface area contributed by atoms with Crippen LogP contribution in [0.2, 0.25) is 15.1 Å². The van der Waals surface area contributed by atoms with Crippen LogP contribution in [0.25, 0.3) is 11.3 Å². The van der Waals surface area contributed by atoms with Crippen LogP contribution in [0.3, 0.4) is 0 Å². The molecule has 26 heavy (non-hydrogen) atoms. The van der Waals surface area contributed by atoms with E-state index in [1.165, 1.54) is 24.4 Å². The molecule has 8 heteroatoms. The summed E-state index contributed by atoms with van der Waals surface area (Å²) in [5, 5.41) is 3.52. The smallest absolute Gasteiger partial charge is 0.224 e. The minimum Gasteiger partial charge on any atom is -0.441 e. The molecule has 0 aliphatic carbocycles. The molecule has 0 saturated heterocycles. The van der Waals surface area contributed by atoms with E-state index in [2.05, 4.69) is 10.3 Å². The van der Waals surface area contributed by atoms with E-state index in [4.69, 9.17) is 39.2 Å². The Morgan fingerprint density at radius 2 is 1.85 bits per heavy atom. The summed E-state index contributed by atoms with van der Waals surface area (Å²) in [5.41, 5.74) is 0.684. The zero-order valence-corrected chi connectivity index (χ0v) is 15.5. The van der Waals surface area contributed by atoms with E-state index in [-0.39, 0.29) is 28.8 Å². The first kappa shape index (κ1) is 18.7. The Hall–Kier alpha value is -2.08. The highest BCUT2D eigenvalue weighted by Crippen LogP contribution is 2.32. The van der Waals surface area contributed by atoms with Crippen LogP contribution in [-0.2, 0) is 11.2 Å². The quantitative estimate of drug-likeness (QED) is 0.521. The van der Waals surface area contributed by atoms with Crippen LogP contribution < -0.4 is 5.32 Å². The van der Waals surface area contributed by atoms with Gasteiger partial charge in [-0.05, 0) is 24.3 Å². The average molecular weight is 414 g/mol. The molecule has 0 saturated carbocycles. The molecule has 0 bridgehead atoms. The van der Waals surface area contributed by atoms with Crippen LogP contribution >= 0.6 is 34.8 Å². The first-order valence-corrected chi connectivity index (χ1v) is 8.71. The SMILES string of the molecule is O=C(CCc1ncc(-c2ccccc2F)o1)Nc1cc(Cl)c(Cl)cc1Cl. The van der Waals surface area contributed by atoms with Gasteiger partial charge in [0.15, 0.2) is 11.7 Å². The monoisotopic (exact) mass is 412 g/mol.